The Balaban J connectivity index is 1.20. The van der Waals surface area contributed by atoms with Gasteiger partial charge >= 0.3 is 5.97 Å². The molecule has 2 atom stereocenters. The molecule has 0 saturated heterocycles. The van der Waals surface area contributed by atoms with Crippen LogP contribution in [0.1, 0.15) is 49.7 Å². The van der Waals surface area contributed by atoms with Crippen LogP contribution in [-0.4, -0.2) is 54.9 Å². The summed E-state index contributed by atoms with van der Waals surface area (Å²) in [7, 11) is 0. The molecule has 0 radical (unpaired) electrons. The zero-order valence-electron chi connectivity index (χ0n) is 25.1. The Morgan fingerprint density at radius 2 is 1.20 bits per heavy atom. The van der Waals surface area contributed by atoms with Crippen molar-refractivity contribution >= 4 is 39.3 Å². The lowest BCUT2D eigenvalue weighted by Crippen LogP contribution is -2.49. The second-order valence-electron chi connectivity index (χ2n) is 11.1. The molecule has 0 aliphatic carbocycles. The van der Waals surface area contributed by atoms with Crippen LogP contribution in [0.3, 0.4) is 0 Å². The topological polar surface area (TPSA) is 128 Å². The second-order valence-corrected chi connectivity index (χ2v) is 11.1. The first-order chi connectivity index (χ1) is 21.4. The van der Waals surface area contributed by atoms with Crippen LogP contribution in [0.25, 0.3) is 21.5 Å². The number of hydrogen-bond donors (Lipinski definition) is 3. The number of benzene rings is 4. The van der Waals surface area contributed by atoms with Crippen LogP contribution in [0.5, 0.6) is 0 Å². The third-order valence-electron chi connectivity index (χ3n) is 7.66. The Morgan fingerprint density at radius 3 is 1.75 bits per heavy atom. The minimum atomic E-state index is -1.65. The van der Waals surface area contributed by atoms with Crippen LogP contribution < -0.4 is 11.1 Å². The van der Waals surface area contributed by atoms with Crippen LogP contribution >= 0.6 is 0 Å². The van der Waals surface area contributed by atoms with E-state index in [0.29, 0.717) is 13.0 Å². The lowest BCUT2D eigenvalue weighted by molar-refractivity contribution is -0.169. The molecule has 0 bridgehead atoms. The van der Waals surface area contributed by atoms with Crippen LogP contribution in [-0.2, 0) is 36.7 Å². The fourth-order valence-corrected chi connectivity index (χ4v) is 5.31. The van der Waals surface area contributed by atoms with Gasteiger partial charge in [0.2, 0.25) is 5.91 Å². The predicted molar refractivity (Wildman–Crippen MR) is 172 cm³/mol. The first-order valence-corrected chi connectivity index (χ1v) is 15.4. The van der Waals surface area contributed by atoms with Crippen molar-refractivity contribution in [3.05, 3.63) is 96.1 Å². The molecule has 0 spiro atoms. The van der Waals surface area contributed by atoms with Crippen molar-refractivity contribution in [2.24, 2.45) is 5.73 Å². The molecule has 8 nitrogen and oxygen atoms in total. The summed E-state index contributed by atoms with van der Waals surface area (Å²) in [6, 6.07) is 29.5. The van der Waals surface area contributed by atoms with Crippen molar-refractivity contribution in [1.82, 2.24) is 5.32 Å². The monoisotopic (exact) mass is 598 g/mol. The standard InChI is InChI=1S/C36H42N2O6/c37-32(39)25-44-34(36(41)42)33(43-22-10-2-4-12-27-18-20-29-14-6-8-16-31(29)24-27)35(40)38-21-9-1-3-11-26-17-19-28-13-5-7-15-30(28)23-26/h5-8,13-20,23-24,33-34H,1-4,9-12,21-22,25H2,(H2,37,39)(H,38,40)(H,41,42). The number of nitrogens with two attached hydrogens (primary N) is 1. The summed E-state index contributed by atoms with van der Waals surface area (Å²) < 4.78 is 11.0. The minimum absolute atomic E-state index is 0.186. The number of fused-ring (bicyclic) bond motifs is 2. The molecule has 0 aliphatic heterocycles. The number of unbranched alkanes of at least 4 members (excludes halogenated alkanes) is 4. The third-order valence-corrected chi connectivity index (χ3v) is 7.66. The van der Waals surface area contributed by atoms with Gasteiger partial charge in [0.05, 0.1) is 0 Å². The second kappa shape index (κ2) is 17.1. The number of aliphatic carboxylic acids is 1. The van der Waals surface area contributed by atoms with Gasteiger partial charge in [-0.05, 0) is 71.2 Å². The molecule has 4 N–H and O–H groups in total. The van der Waals surface area contributed by atoms with Crippen molar-refractivity contribution in [3.63, 3.8) is 0 Å². The van der Waals surface area contributed by atoms with Gasteiger partial charge in [0.25, 0.3) is 5.91 Å². The number of ether oxygens (including phenoxy) is 2. The zero-order chi connectivity index (χ0) is 31.1. The van der Waals surface area contributed by atoms with E-state index in [9.17, 15) is 19.5 Å². The molecule has 8 heteroatoms. The van der Waals surface area contributed by atoms with Gasteiger partial charge in [-0.15, -0.1) is 0 Å². The molecule has 232 valence electrons. The lowest BCUT2D eigenvalue weighted by atomic mass is 10.0. The van der Waals surface area contributed by atoms with Crippen molar-refractivity contribution in [2.45, 2.75) is 63.6 Å². The molecule has 4 aromatic carbocycles. The highest BCUT2D eigenvalue weighted by Gasteiger charge is 2.36. The van der Waals surface area contributed by atoms with Crippen LogP contribution in [0.4, 0.5) is 0 Å². The van der Waals surface area contributed by atoms with Gasteiger partial charge in [-0.2, -0.15) is 0 Å². The number of aryl methyl sites for hydroxylation is 2. The average Bonchev–Trinajstić information content (AvgIpc) is 3.02. The third kappa shape index (κ3) is 10.2. The van der Waals surface area contributed by atoms with Crippen molar-refractivity contribution in [2.75, 3.05) is 19.8 Å². The number of amides is 2. The Labute approximate surface area is 258 Å². The fourth-order valence-electron chi connectivity index (χ4n) is 5.31. The van der Waals surface area contributed by atoms with Gasteiger partial charge in [0, 0.05) is 13.2 Å². The molecule has 0 aromatic heterocycles. The highest BCUT2D eigenvalue weighted by Crippen LogP contribution is 2.19. The number of carbonyl (C=O) groups is 3. The Hall–Kier alpha value is -4.27. The number of carbonyl (C=O) groups excluding carboxylic acids is 2. The molecule has 2 unspecified atom stereocenters. The van der Waals surface area contributed by atoms with E-state index in [-0.39, 0.29) is 6.61 Å². The van der Waals surface area contributed by atoms with Gasteiger partial charge in [0.1, 0.15) is 6.61 Å². The fraction of sp³-hybridized carbons (Fsp3) is 0.361. The molecule has 0 fully saturated rings. The lowest BCUT2D eigenvalue weighted by Gasteiger charge is -2.23. The van der Waals surface area contributed by atoms with Crippen LogP contribution in [0.15, 0.2) is 84.9 Å². The molecule has 0 heterocycles. The summed E-state index contributed by atoms with van der Waals surface area (Å²) in [5, 5.41) is 17.4. The van der Waals surface area contributed by atoms with E-state index in [4.69, 9.17) is 15.2 Å². The van der Waals surface area contributed by atoms with E-state index in [0.717, 1.165) is 44.9 Å². The van der Waals surface area contributed by atoms with Gasteiger partial charge in [-0.3, -0.25) is 9.59 Å². The van der Waals surface area contributed by atoms with Crippen LogP contribution in [0.2, 0.25) is 0 Å². The summed E-state index contributed by atoms with van der Waals surface area (Å²) in [6.45, 7) is -0.0553. The summed E-state index contributed by atoms with van der Waals surface area (Å²) >= 11 is 0. The Bertz CT molecular complexity index is 1540. The van der Waals surface area contributed by atoms with Crippen LogP contribution in [0, 0.1) is 0 Å². The first kappa shape index (κ1) is 32.6. The molecular weight excluding hydrogens is 556 g/mol. The van der Waals surface area contributed by atoms with E-state index in [2.05, 4.69) is 66.0 Å². The maximum Gasteiger partial charge on any atom is 0.336 e. The largest absolute Gasteiger partial charge is 0.479 e. The summed E-state index contributed by atoms with van der Waals surface area (Å²) in [6.07, 6.45) is 3.83. The van der Waals surface area contributed by atoms with Gasteiger partial charge in [-0.25, -0.2) is 4.79 Å². The number of rotatable bonds is 19. The Kier molecular flexibility index (Phi) is 12.7. The van der Waals surface area contributed by atoms with Crippen molar-refractivity contribution in [3.8, 4) is 0 Å². The molecule has 0 saturated carbocycles. The smallest absolute Gasteiger partial charge is 0.336 e. The minimum Gasteiger partial charge on any atom is -0.479 e. The van der Waals surface area contributed by atoms with E-state index < -0.39 is 36.6 Å². The van der Waals surface area contributed by atoms with Gasteiger partial charge in [0.15, 0.2) is 12.2 Å². The predicted octanol–water partition coefficient (Wildman–Crippen LogP) is 5.58. The molecule has 44 heavy (non-hydrogen) atoms. The van der Waals surface area contributed by atoms with Crippen molar-refractivity contribution in [1.29, 1.82) is 0 Å². The number of carboxylic acid groups (broad SMARTS) is 1. The van der Waals surface area contributed by atoms with Gasteiger partial charge in [-0.1, -0.05) is 97.8 Å². The molecule has 4 aromatic rings. The average molecular weight is 599 g/mol. The quantitative estimate of drug-likeness (QED) is 0.121. The summed E-state index contributed by atoms with van der Waals surface area (Å²) in [4.78, 5) is 36.2. The number of hydrogen-bond acceptors (Lipinski definition) is 5. The van der Waals surface area contributed by atoms with E-state index in [1.807, 2.05) is 24.3 Å². The summed E-state index contributed by atoms with van der Waals surface area (Å²) in [5.74, 6) is -2.79. The van der Waals surface area contributed by atoms with Crippen molar-refractivity contribution < 1.29 is 29.0 Å². The molecule has 2 amide bonds. The van der Waals surface area contributed by atoms with Gasteiger partial charge < -0.3 is 25.6 Å². The number of carboxylic acids is 1. The SMILES string of the molecule is NC(=O)COC(C(=O)O)C(OCCCCCc1ccc2ccccc2c1)C(=O)NCCCCCc1ccc2ccccc2c1. The maximum absolute atomic E-state index is 13.0. The number of primary amides is 1. The zero-order valence-corrected chi connectivity index (χ0v) is 25.1. The molecular formula is C36H42N2O6. The highest BCUT2D eigenvalue weighted by atomic mass is 16.6. The first-order valence-electron chi connectivity index (χ1n) is 15.4. The van der Waals surface area contributed by atoms with E-state index in [1.165, 1.54) is 32.7 Å². The van der Waals surface area contributed by atoms with E-state index in [1.54, 1.807) is 0 Å². The van der Waals surface area contributed by atoms with E-state index >= 15 is 0 Å². The summed E-state index contributed by atoms with van der Waals surface area (Å²) in [5.41, 5.74) is 7.68. The molecule has 4 rings (SSSR count). The normalized spacial score (nSPS) is 12.6. The Morgan fingerprint density at radius 1 is 0.659 bits per heavy atom. The number of nitrogens with one attached hydrogen (secondary N) is 1. The molecule has 0 aliphatic rings. The highest BCUT2D eigenvalue weighted by molar-refractivity contribution is 5.88. The maximum atomic E-state index is 13.0.